The third-order valence-corrected chi connectivity index (χ3v) is 3.15. The minimum atomic E-state index is 0.499. The van der Waals surface area contributed by atoms with Crippen LogP contribution in [0.5, 0.6) is 6.01 Å². The van der Waals surface area contributed by atoms with E-state index in [2.05, 4.69) is 23.0 Å². The maximum absolute atomic E-state index is 5.57. The van der Waals surface area contributed by atoms with Gasteiger partial charge in [-0.15, -0.1) is 0 Å². The fourth-order valence-electron chi connectivity index (χ4n) is 2.06. The minimum Gasteiger partial charge on any atom is -0.463 e. The summed E-state index contributed by atoms with van der Waals surface area (Å²) in [6, 6.07) is 2.30. The Morgan fingerprint density at radius 2 is 2.00 bits per heavy atom. The van der Waals surface area contributed by atoms with E-state index in [-0.39, 0.29) is 0 Å². The normalized spacial score (nSPS) is 20.6. The molecule has 1 saturated carbocycles. The predicted molar refractivity (Wildman–Crippen MR) is 63.2 cm³/mol. The second kappa shape index (κ2) is 5.64. The molecular formula is C13H18N2O. The van der Waals surface area contributed by atoms with Gasteiger partial charge in [0.25, 0.3) is 0 Å². The summed E-state index contributed by atoms with van der Waals surface area (Å²) < 4.78 is 5.57. The monoisotopic (exact) mass is 218 g/mol. The SMILES string of the molecule is CC=C1CCC(COc2ncccn2)CC1. The summed E-state index contributed by atoms with van der Waals surface area (Å²) in [5.41, 5.74) is 1.59. The van der Waals surface area contributed by atoms with Crippen LogP contribution in [0.1, 0.15) is 32.6 Å². The van der Waals surface area contributed by atoms with Crippen molar-refractivity contribution >= 4 is 0 Å². The van der Waals surface area contributed by atoms with Crippen molar-refractivity contribution in [3.8, 4) is 6.01 Å². The molecule has 1 fully saturated rings. The largest absolute Gasteiger partial charge is 0.463 e. The fourth-order valence-corrected chi connectivity index (χ4v) is 2.06. The maximum Gasteiger partial charge on any atom is 0.316 e. The van der Waals surface area contributed by atoms with E-state index < -0.39 is 0 Å². The third kappa shape index (κ3) is 3.05. The van der Waals surface area contributed by atoms with Crippen LogP contribution in [0.25, 0.3) is 0 Å². The lowest BCUT2D eigenvalue weighted by atomic mass is 9.86. The molecule has 1 aromatic heterocycles. The molecule has 86 valence electrons. The van der Waals surface area contributed by atoms with Gasteiger partial charge in [0.2, 0.25) is 0 Å². The quantitative estimate of drug-likeness (QED) is 0.731. The van der Waals surface area contributed by atoms with Crippen molar-refractivity contribution in [2.45, 2.75) is 32.6 Å². The molecule has 0 N–H and O–H groups in total. The average Bonchev–Trinajstić information content (AvgIpc) is 2.38. The molecule has 1 heterocycles. The first kappa shape index (κ1) is 11.1. The van der Waals surface area contributed by atoms with E-state index in [1.54, 1.807) is 24.0 Å². The van der Waals surface area contributed by atoms with E-state index in [1.807, 2.05) is 0 Å². The molecule has 3 nitrogen and oxygen atoms in total. The average molecular weight is 218 g/mol. The van der Waals surface area contributed by atoms with Gasteiger partial charge in [0, 0.05) is 12.4 Å². The predicted octanol–water partition coefficient (Wildman–Crippen LogP) is 2.99. The van der Waals surface area contributed by atoms with Gasteiger partial charge in [-0.3, -0.25) is 0 Å². The summed E-state index contributed by atoms with van der Waals surface area (Å²) in [4.78, 5) is 8.10. The molecule has 16 heavy (non-hydrogen) atoms. The summed E-state index contributed by atoms with van der Waals surface area (Å²) in [5, 5.41) is 0. The van der Waals surface area contributed by atoms with Crippen molar-refractivity contribution in [1.29, 1.82) is 0 Å². The number of rotatable bonds is 3. The summed E-state index contributed by atoms with van der Waals surface area (Å²) >= 11 is 0. The molecule has 3 heteroatoms. The zero-order valence-electron chi connectivity index (χ0n) is 9.72. The Labute approximate surface area is 96.6 Å². The third-order valence-electron chi connectivity index (χ3n) is 3.15. The van der Waals surface area contributed by atoms with Crippen LogP contribution in [-0.2, 0) is 0 Å². The second-order valence-electron chi connectivity index (χ2n) is 4.23. The number of hydrogen-bond acceptors (Lipinski definition) is 3. The fraction of sp³-hybridized carbons (Fsp3) is 0.538. The standard InChI is InChI=1S/C13H18N2O/c1-2-11-4-6-12(7-5-11)10-16-13-14-8-3-9-15-13/h2-3,8-9,12H,4-7,10H2,1H3. The molecule has 0 aromatic carbocycles. The highest BCUT2D eigenvalue weighted by atomic mass is 16.5. The summed E-state index contributed by atoms with van der Waals surface area (Å²) in [7, 11) is 0. The Morgan fingerprint density at radius 1 is 1.31 bits per heavy atom. The van der Waals surface area contributed by atoms with Gasteiger partial charge in [-0.25, -0.2) is 9.97 Å². The molecule has 0 amide bonds. The molecule has 0 aliphatic heterocycles. The number of hydrogen-bond donors (Lipinski definition) is 0. The molecule has 0 spiro atoms. The lowest BCUT2D eigenvalue weighted by Gasteiger charge is -2.23. The number of nitrogens with zero attached hydrogens (tertiary/aromatic N) is 2. The lowest BCUT2D eigenvalue weighted by Crippen LogP contribution is -2.17. The molecule has 1 aromatic rings. The molecule has 0 bridgehead atoms. The molecule has 0 radical (unpaired) electrons. The number of aromatic nitrogens is 2. The first-order valence-corrected chi connectivity index (χ1v) is 5.92. The van der Waals surface area contributed by atoms with Gasteiger partial charge >= 0.3 is 6.01 Å². The highest BCUT2D eigenvalue weighted by molar-refractivity contribution is 5.03. The topological polar surface area (TPSA) is 35.0 Å². The van der Waals surface area contributed by atoms with E-state index in [0.29, 0.717) is 11.9 Å². The van der Waals surface area contributed by atoms with Crippen LogP contribution < -0.4 is 4.74 Å². The van der Waals surface area contributed by atoms with E-state index in [4.69, 9.17) is 4.74 Å². The van der Waals surface area contributed by atoms with Crippen molar-refractivity contribution in [3.63, 3.8) is 0 Å². The molecular weight excluding hydrogens is 200 g/mol. The Kier molecular flexibility index (Phi) is 3.91. The van der Waals surface area contributed by atoms with Crippen LogP contribution in [0.15, 0.2) is 30.1 Å². The molecule has 2 rings (SSSR count). The summed E-state index contributed by atoms with van der Waals surface area (Å²) in [6.45, 7) is 2.88. The molecule has 0 unspecified atom stereocenters. The smallest absolute Gasteiger partial charge is 0.316 e. The number of allylic oxidation sites excluding steroid dienone is 2. The molecule has 1 aliphatic carbocycles. The van der Waals surface area contributed by atoms with Crippen molar-refractivity contribution in [2.75, 3.05) is 6.61 Å². The second-order valence-corrected chi connectivity index (χ2v) is 4.23. The highest BCUT2D eigenvalue weighted by Crippen LogP contribution is 2.28. The van der Waals surface area contributed by atoms with Crippen LogP contribution in [0, 0.1) is 5.92 Å². The highest BCUT2D eigenvalue weighted by Gasteiger charge is 2.16. The van der Waals surface area contributed by atoms with Crippen molar-refractivity contribution < 1.29 is 4.74 Å². The Morgan fingerprint density at radius 3 is 2.62 bits per heavy atom. The van der Waals surface area contributed by atoms with Crippen LogP contribution in [-0.4, -0.2) is 16.6 Å². The Bertz CT molecular complexity index is 338. The van der Waals surface area contributed by atoms with Gasteiger partial charge in [0.05, 0.1) is 6.61 Å². The Balaban J connectivity index is 1.76. The van der Waals surface area contributed by atoms with Gasteiger partial charge in [0.15, 0.2) is 0 Å². The van der Waals surface area contributed by atoms with Gasteiger partial charge in [-0.05, 0) is 44.6 Å². The van der Waals surface area contributed by atoms with E-state index in [1.165, 1.54) is 25.7 Å². The van der Waals surface area contributed by atoms with Crippen molar-refractivity contribution in [3.05, 3.63) is 30.1 Å². The van der Waals surface area contributed by atoms with E-state index in [9.17, 15) is 0 Å². The lowest BCUT2D eigenvalue weighted by molar-refractivity contribution is 0.207. The van der Waals surface area contributed by atoms with Gasteiger partial charge in [-0.1, -0.05) is 11.6 Å². The summed E-state index contributed by atoms with van der Waals surface area (Å²) in [6.07, 6.45) is 10.6. The van der Waals surface area contributed by atoms with Crippen LogP contribution in [0.4, 0.5) is 0 Å². The van der Waals surface area contributed by atoms with Crippen molar-refractivity contribution in [2.24, 2.45) is 5.92 Å². The zero-order chi connectivity index (χ0) is 11.2. The Hall–Kier alpha value is -1.38. The van der Waals surface area contributed by atoms with Gasteiger partial charge in [-0.2, -0.15) is 0 Å². The molecule has 0 atom stereocenters. The minimum absolute atomic E-state index is 0.499. The first-order chi connectivity index (χ1) is 7.88. The van der Waals surface area contributed by atoms with Crippen LogP contribution >= 0.6 is 0 Å². The first-order valence-electron chi connectivity index (χ1n) is 5.92. The van der Waals surface area contributed by atoms with E-state index >= 15 is 0 Å². The van der Waals surface area contributed by atoms with Crippen LogP contribution in [0.3, 0.4) is 0 Å². The maximum atomic E-state index is 5.57. The zero-order valence-corrected chi connectivity index (χ0v) is 9.72. The van der Waals surface area contributed by atoms with Crippen molar-refractivity contribution in [1.82, 2.24) is 9.97 Å². The number of ether oxygens (including phenoxy) is 1. The van der Waals surface area contributed by atoms with E-state index in [0.717, 1.165) is 6.61 Å². The molecule has 1 aliphatic rings. The van der Waals surface area contributed by atoms with Crippen LogP contribution in [0.2, 0.25) is 0 Å². The van der Waals surface area contributed by atoms with Gasteiger partial charge in [0.1, 0.15) is 0 Å². The van der Waals surface area contributed by atoms with Gasteiger partial charge < -0.3 is 4.74 Å². The molecule has 0 saturated heterocycles. The summed E-state index contributed by atoms with van der Waals surface area (Å²) in [5.74, 6) is 0.660.